The van der Waals surface area contributed by atoms with E-state index in [0.29, 0.717) is 0 Å². The van der Waals surface area contributed by atoms with E-state index in [4.69, 9.17) is 0 Å². The van der Waals surface area contributed by atoms with Crippen molar-refractivity contribution in [3.8, 4) is 0 Å². The monoisotopic (exact) mass is 239 g/mol. The van der Waals surface area contributed by atoms with Crippen molar-refractivity contribution in [2.24, 2.45) is 0 Å². The number of hydrogen-bond acceptors (Lipinski definition) is 1. The van der Waals surface area contributed by atoms with Gasteiger partial charge >= 0.3 is 0 Å². The predicted octanol–water partition coefficient (Wildman–Crippen LogP) is 5.07. The SMILES string of the molecule is C=C/C(C)=C(\C=C/C)CN(C)CC.CC.CC. The Morgan fingerprint density at radius 1 is 1.18 bits per heavy atom. The summed E-state index contributed by atoms with van der Waals surface area (Å²) in [5.74, 6) is 0. The molecule has 0 rings (SSSR count). The number of hydrogen-bond donors (Lipinski definition) is 0. The first-order chi connectivity index (χ1) is 8.15. The Bertz CT molecular complexity index is 212. The molecule has 17 heavy (non-hydrogen) atoms. The molecular weight excluding hydrogens is 206 g/mol. The topological polar surface area (TPSA) is 3.24 Å². The van der Waals surface area contributed by atoms with Gasteiger partial charge in [0.05, 0.1) is 0 Å². The Balaban J connectivity index is -0.000000439. The fourth-order valence-corrected chi connectivity index (χ4v) is 1.04. The molecule has 0 saturated heterocycles. The summed E-state index contributed by atoms with van der Waals surface area (Å²) in [6.07, 6.45) is 6.15. The van der Waals surface area contributed by atoms with Crippen LogP contribution in [0.4, 0.5) is 0 Å². The molecule has 1 heteroatoms. The maximum Gasteiger partial charge on any atom is 0.0233 e. The largest absolute Gasteiger partial charge is 0.302 e. The molecule has 0 aliphatic heterocycles. The van der Waals surface area contributed by atoms with Crippen LogP contribution in [-0.4, -0.2) is 25.0 Å². The minimum Gasteiger partial charge on any atom is -0.302 e. The summed E-state index contributed by atoms with van der Waals surface area (Å²) in [5.41, 5.74) is 2.61. The quantitative estimate of drug-likeness (QED) is 0.605. The van der Waals surface area contributed by atoms with E-state index in [2.05, 4.69) is 44.5 Å². The minimum absolute atomic E-state index is 0.999. The van der Waals surface area contributed by atoms with Gasteiger partial charge in [0, 0.05) is 6.54 Å². The Morgan fingerprint density at radius 2 is 1.65 bits per heavy atom. The van der Waals surface area contributed by atoms with E-state index in [0.717, 1.165) is 13.1 Å². The van der Waals surface area contributed by atoms with E-state index >= 15 is 0 Å². The third-order valence-corrected chi connectivity index (χ3v) is 2.16. The van der Waals surface area contributed by atoms with Crippen LogP contribution in [0.5, 0.6) is 0 Å². The minimum atomic E-state index is 0.999. The van der Waals surface area contributed by atoms with Gasteiger partial charge < -0.3 is 4.90 Å². The summed E-state index contributed by atoms with van der Waals surface area (Å²) in [4.78, 5) is 2.28. The lowest BCUT2D eigenvalue weighted by Gasteiger charge is -2.15. The molecule has 0 aromatic carbocycles. The van der Waals surface area contributed by atoms with E-state index in [1.165, 1.54) is 11.1 Å². The summed E-state index contributed by atoms with van der Waals surface area (Å²) in [7, 11) is 2.12. The number of rotatable bonds is 5. The molecule has 0 atom stereocenters. The lowest BCUT2D eigenvalue weighted by Crippen LogP contribution is -2.20. The smallest absolute Gasteiger partial charge is 0.0233 e. The van der Waals surface area contributed by atoms with Gasteiger partial charge in [0.25, 0.3) is 0 Å². The van der Waals surface area contributed by atoms with Crippen molar-refractivity contribution < 1.29 is 0 Å². The Kier molecular flexibility index (Phi) is 22.2. The molecule has 0 aliphatic carbocycles. The van der Waals surface area contributed by atoms with Crippen molar-refractivity contribution in [2.75, 3.05) is 20.1 Å². The van der Waals surface area contributed by atoms with Crippen molar-refractivity contribution in [2.45, 2.75) is 48.5 Å². The zero-order valence-electron chi connectivity index (χ0n) is 13.3. The van der Waals surface area contributed by atoms with Crippen LogP contribution in [0.15, 0.2) is 36.0 Å². The first-order valence-corrected chi connectivity index (χ1v) is 6.79. The van der Waals surface area contributed by atoms with Gasteiger partial charge in [-0.1, -0.05) is 59.4 Å². The first-order valence-electron chi connectivity index (χ1n) is 6.79. The van der Waals surface area contributed by atoms with Gasteiger partial charge in [-0.2, -0.15) is 0 Å². The molecule has 1 nitrogen and oxygen atoms in total. The second-order valence-corrected chi connectivity index (χ2v) is 3.24. The van der Waals surface area contributed by atoms with Gasteiger partial charge in [-0.25, -0.2) is 0 Å². The fraction of sp³-hybridized carbons (Fsp3) is 0.625. The van der Waals surface area contributed by atoms with Gasteiger partial charge in [-0.05, 0) is 38.6 Å². The molecule has 0 radical (unpaired) electrons. The summed E-state index contributed by atoms with van der Waals surface area (Å²) < 4.78 is 0. The standard InChI is InChI=1S/C12H21N.2C2H6/c1-6-9-12(11(4)7-2)10-13(5)8-3;2*1-2/h6-7,9H,2,8,10H2,1,3-5H3;2*1-2H3/b9-6-,12-11+;;. The molecule has 0 heterocycles. The van der Waals surface area contributed by atoms with E-state index in [9.17, 15) is 0 Å². The molecule has 0 spiro atoms. The summed E-state index contributed by atoms with van der Waals surface area (Å²) in [5, 5.41) is 0. The van der Waals surface area contributed by atoms with E-state index in [1.54, 1.807) is 0 Å². The van der Waals surface area contributed by atoms with Gasteiger partial charge in [0.15, 0.2) is 0 Å². The second kappa shape index (κ2) is 17.6. The average molecular weight is 239 g/mol. The summed E-state index contributed by atoms with van der Waals surface area (Å²) in [6.45, 7) is 20.2. The number of nitrogens with zero attached hydrogens (tertiary/aromatic N) is 1. The van der Waals surface area contributed by atoms with E-state index < -0.39 is 0 Å². The van der Waals surface area contributed by atoms with Crippen molar-refractivity contribution in [1.82, 2.24) is 4.90 Å². The van der Waals surface area contributed by atoms with Crippen LogP contribution in [0.2, 0.25) is 0 Å². The van der Waals surface area contributed by atoms with Crippen LogP contribution in [0.25, 0.3) is 0 Å². The van der Waals surface area contributed by atoms with Gasteiger partial charge in [-0.3, -0.25) is 0 Å². The van der Waals surface area contributed by atoms with Gasteiger partial charge in [0.2, 0.25) is 0 Å². The maximum absolute atomic E-state index is 3.79. The fourth-order valence-electron chi connectivity index (χ4n) is 1.04. The van der Waals surface area contributed by atoms with Crippen molar-refractivity contribution in [3.05, 3.63) is 36.0 Å². The van der Waals surface area contributed by atoms with Gasteiger partial charge in [0.1, 0.15) is 0 Å². The van der Waals surface area contributed by atoms with E-state index in [1.807, 2.05) is 40.7 Å². The lowest BCUT2D eigenvalue weighted by molar-refractivity contribution is 0.385. The molecule has 0 saturated carbocycles. The third kappa shape index (κ3) is 13.1. The molecule has 0 bridgehead atoms. The van der Waals surface area contributed by atoms with Crippen LogP contribution < -0.4 is 0 Å². The highest BCUT2D eigenvalue weighted by molar-refractivity contribution is 5.31. The van der Waals surface area contributed by atoms with Crippen molar-refractivity contribution in [1.29, 1.82) is 0 Å². The molecule has 0 N–H and O–H groups in total. The normalized spacial score (nSPS) is 11.1. The van der Waals surface area contributed by atoms with Crippen LogP contribution in [0.1, 0.15) is 48.5 Å². The Morgan fingerprint density at radius 3 is 1.94 bits per heavy atom. The molecule has 0 unspecified atom stereocenters. The lowest BCUT2D eigenvalue weighted by atomic mass is 10.1. The zero-order valence-corrected chi connectivity index (χ0v) is 13.3. The Labute approximate surface area is 110 Å². The molecule has 102 valence electrons. The number of likely N-dealkylation sites (N-methyl/N-ethyl adjacent to an activating group) is 1. The summed E-state index contributed by atoms with van der Waals surface area (Å²) >= 11 is 0. The highest BCUT2D eigenvalue weighted by atomic mass is 15.1. The Hall–Kier alpha value is -0.820. The first kappa shape index (κ1) is 21.5. The maximum atomic E-state index is 3.79. The van der Waals surface area contributed by atoms with Crippen LogP contribution in [-0.2, 0) is 0 Å². The zero-order chi connectivity index (χ0) is 14.3. The molecule has 0 amide bonds. The summed E-state index contributed by atoms with van der Waals surface area (Å²) in [6, 6.07) is 0. The highest BCUT2D eigenvalue weighted by Crippen LogP contribution is 2.08. The van der Waals surface area contributed by atoms with Gasteiger partial charge in [-0.15, -0.1) is 0 Å². The molecule has 0 fully saturated rings. The molecule has 0 aliphatic rings. The van der Waals surface area contributed by atoms with E-state index in [-0.39, 0.29) is 0 Å². The number of allylic oxidation sites excluding steroid dienone is 3. The second-order valence-electron chi connectivity index (χ2n) is 3.24. The highest BCUT2D eigenvalue weighted by Gasteiger charge is 1.99. The third-order valence-electron chi connectivity index (χ3n) is 2.16. The predicted molar refractivity (Wildman–Crippen MR) is 83.6 cm³/mol. The molecule has 0 aromatic rings. The van der Waals surface area contributed by atoms with Crippen LogP contribution >= 0.6 is 0 Å². The van der Waals surface area contributed by atoms with Crippen LogP contribution in [0, 0.1) is 0 Å². The average Bonchev–Trinajstić information content (AvgIpc) is 2.41. The van der Waals surface area contributed by atoms with Crippen LogP contribution in [0.3, 0.4) is 0 Å². The van der Waals surface area contributed by atoms with Crippen molar-refractivity contribution >= 4 is 0 Å². The van der Waals surface area contributed by atoms with Crippen molar-refractivity contribution in [3.63, 3.8) is 0 Å². The molecule has 0 aromatic heterocycles. The molecular formula is C16H33N.